The SMILES string of the molecule is CCCN1C(=O)C(=Cc2ccc(SC)cc2)O/C1=N/C(C)C. The normalized spacial score (nSPS) is 18.6. The Kier molecular flexibility index (Phi) is 5.66. The predicted octanol–water partition coefficient (Wildman–Crippen LogP) is 3.78. The molecule has 22 heavy (non-hydrogen) atoms. The second-order valence-electron chi connectivity index (χ2n) is 5.35. The highest BCUT2D eigenvalue weighted by Crippen LogP contribution is 2.22. The third kappa shape index (κ3) is 3.91. The highest BCUT2D eigenvalue weighted by Gasteiger charge is 2.34. The van der Waals surface area contributed by atoms with E-state index in [0.29, 0.717) is 18.3 Å². The zero-order valence-electron chi connectivity index (χ0n) is 13.5. The average molecular weight is 318 g/mol. The van der Waals surface area contributed by atoms with Crippen LogP contribution in [0.4, 0.5) is 0 Å². The smallest absolute Gasteiger partial charge is 0.300 e. The average Bonchev–Trinajstić information content (AvgIpc) is 2.76. The van der Waals surface area contributed by atoms with Gasteiger partial charge in [0.25, 0.3) is 5.91 Å². The van der Waals surface area contributed by atoms with Gasteiger partial charge in [-0.25, -0.2) is 4.99 Å². The molecule has 1 saturated heterocycles. The molecule has 0 saturated carbocycles. The van der Waals surface area contributed by atoms with Crippen LogP contribution in [-0.2, 0) is 9.53 Å². The van der Waals surface area contributed by atoms with E-state index in [4.69, 9.17) is 4.74 Å². The Bertz CT molecular complexity index is 591. The second-order valence-corrected chi connectivity index (χ2v) is 6.23. The number of nitrogens with zero attached hydrogens (tertiary/aromatic N) is 2. The summed E-state index contributed by atoms with van der Waals surface area (Å²) in [7, 11) is 0. The highest BCUT2D eigenvalue weighted by atomic mass is 32.2. The molecule has 0 aliphatic carbocycles. The van der Waals surface area contributed by atoms with Crippen LogP contribution in [-0.4, -0.2) is 35.7 Å². The van der Waals surface area contributed by atoms with Gasteiger partial charge in [0.2, 0.25) is 0 Å². The first-order chi connectivity index (χ1) is 10.5. The van der Waals surface area contributed by atoms with Crippen molar-refractivity contribution in [2.75, 3.05) is 12.8 Å². The lowest BCUT2D eigenvalue weighted by molar-refractivity contribution is -0.122. The molecule has 118 valence electrons. The van der Waals surface area contributed by atoms with Crippen molar-refractivity contribution in [1.29, 1.82) is 0 Å². The fourth-order valence-electron chi connectivity index (χ4n) is 2.10. The Morgan fingerprint density at radius 2 is 2.00 bits per heavy atom. The van der Waals surface area contributed by atoms with Crippen molar-refractivity contribution in [3.63, 3.8) is 0 Å². The van der Waals surface area contributed by atoms with E-state index in [1.54, 1.807) is 22.7 Å². The number of amidine groups is 1. The largest absolute Gasteiger partial charge is 0.420 e. The van der Waals surface area contributed by atoms with Crippen LogP contribution >= 0.6 is 11.8 Å². The molecule has 1 aromatic carbocycles. The molecule has 5 heteroatoms. The van der Waals surface area contributed by atoms with E-state index in [2.05, 4.69) is 4.99 Å². The molecule has 1 amide bonds. The number of aliphatic imine (C=N–C) groups is 1. The van der Waals surface area contributed by atoms with E-state index >= 15 is 0 Å². The van der Waals surface area contributed by atoms with Gasteiger partial charge in [0, 0.05) is 17.5 Å². The fourth-order valence-corrected chi connectivity index (χ4v) is 2.51. The molecule has 1 aliphatic heterocycles. The van der Waals surface area contributed by atoms with Gasteiger partial charge in [0.05, 0.1) is 0 Å². The first-order valence-corrected chi connectivity index (χ1v) is 8.71. The third-order valence-electron chi connectivity index (χ3n) is 3.12. The summed E-state index contributed by atoms with van der Waals surface area (Å²) in [5.74, 6) is 0.222. The first-order valence-electron chi connectivity index (χ1n) is 7.48. The van der Waals surface area contributed by atoms with Crippen LogP contribution in [0.3, 0.4) is 0 Å². The van der Waals surface area contributed by atoms with Gasteiger partial charge in [-0.3, -0.25) is 9.69 Å². The summed E-state index contributed by atoms with van der Waals surface area (Å²) in [5.41, 5.74) is 0.948. The van der Waals surface area contributed by atoms with Crippen LogP contribution < -0.4 is 0 Å². The van der Waals surface area contributed by atoms with E-state index in [1.165, 1.54) is 4.90 Å². The summed E-state index contributed by atoms with van der Waals surface area (Å²) in [5, 5.41) is 0. The Hall–Kier alpha value is -1.75. The van der Waals surface area contributed by atoms with Gasteiger partial charge in [-0.05, 0) is 50.3 Å². The van der Waals surface area contributed by atoms with E-state index in [9.17, 15) is 4.79 Å². The molecule has 0 N–H and O–H groups in total. The van der Waals surface area contributed by atoms with Crippen molar-refractivity contribution in [2.45, 2.75) is 38.1 Å². The van der Waals surface area contributed by atoms with Gasteiger partial charge in [0.1, 0.15) is 0 Å². The summed E-state index contributed by atoms with van der Waals surface area (Å²) in [6.07, 6.45) is 4.67. The quantitative estimate of drug-likeness (QED) is 0.613. The lowest BCUT2D eigenvalue weighted by Gasteiger charge is -2.12. The second kappa shape index (κ2) is 7.49. The van der Waals surface area contributed by atoms with E-state index < -0.39 is 0 Å². The number of benzene rings is 1. The molecule has 4 nitrogen and oxygen atoms in total. The van der Waals surface area contributed by atoms with E-state index in [-0.39, 0.29) is 11.9 Å². The number of hydrogen-bond acceptors (Lipinski definition) is 4. The third-order valence-corrected chi connectivity index (χ3v) is 3.86. The Morgan fingerprint density at radius 1 is 1.32 bits per heavy atom. The molecule has 1 fully saturated rings. The minimum atomic E-state index is -0.116. The zero-order chi connectivity index (χ0) is 16.1. The van der Waals surface area contributed by atoms with Crippen LogP contribution in [0.25, 0.3) is 6.08 Å². The summed E-state index contributed by atoms with van der Waals surface area (Å²) in [4.78, 5) is 19.7. The molecule has 0 radical (unpaired) electrons. The standard InChI is InChI=1S/C17H22N2O2S/c1-5-10-19-16(20)15(21-17(19)18-12(2)3)11-13-6-8-14(22-4)9-7-13/h6-9,11-12H,5,10H2,1-4H3/b15-11?,18-17+. The maximum Gasteiger partial charge on any atom is 0.300 e. The van der Waals surface area contributed by atoms with Gasteiger partial charge in [0.15, 0.2) is 5.76 Å². The lowest BCUT2D eigenvalue weighted by atomic mass is 10.2. The van der Waals surface area contributed by atoms with Crippen molar-refractivity contribution >= 4 is 29.8 Å². The fraction of sp³-hybridized carbons (Fsp3) is 0.412. The molecule has 2 rings (SSSR count). The molecule has 0 atom stereocenters. The minimum absolute atomic E-state index is 0.0855. The number of hydrogen-bond donors (Lipinski definition) is 0. The number of thioether (sulfide) groups is 1. The number of carbonyl (C=O) groups excluding carboxylic acids is 1. The maximum absolute atomic E-state index is 12.5. The molecule has 1 heterocycles. The van der Waals surface area contributed by atoms with E-state index in [0.717, 1.165) is 12.0 Å². The Morgan fingerprint density at radius 3 is 2.55 bits per heavy atom. The maximum atomic E-state index is 12.5. The topological polar surface area (TPSA) is 41.9 Å². The van der Waals surface area contributed by atoms with Gasteiger partial charge < -0.3 is 4.74 Å². The lowest BCUT2D eigenvalue weighted by Crippen LogP contribution is -2.31. The Balaban J connectivity index is 2.27. The molecule has 0 bridgehead atoms. The predicted molar refractivity (Wildman–Crippen MR) is 91.9 cm³/mol. The van der Waals surface area contributed by atoms with Crippen molar-refractivity contribution in [2.24, 2.45) is 4.99 Å². The number of rotatable bonds is 5. The van der Waals surface area contributed by atoms with Gasteiger partial charge in [-0.1, -0.05) is 19.1 Å². The number of ether oxygens (including phenoxy) is 1. The van der Waals surface area contributed by atoms with E-state index in [1.807, 2.05) is 51.3 Å². The molecular formula is C17H22N2O2S. The number of amides is 1. The summed E-state index contributed by atoms with van der Waals surface area (Å²) in [6.45, 7) is 6.58. The van der Waals surface area contributed by atoms with Crippen molar-refractivity contribution in [1.82, 2.24) is 4.90 Å². The molecule has 0 unspecified atom stereocenters. The zero-order valence-corrected chi connectivity index (χ0v) is 14.3. The van der Waals surface area contributed by atoms with Crippen LogP contribution in [0, 0.1) is 0 Å². The van der Waals surface area contributed by atoms with Gasteiger partial charge in [-0.2, -0.15) is 0 Å². The first kappa shape index (κ1) is 16.6. The summed E-state index contributed by atoms with van der Waals surface area (Å²) >= 11 is 1.69. The molecular weight excluding hydrogens is 296 g/mol. The van der Waals surface area contributed by atoms with Gasteiger partial charge in [-0.15, -0.1) is 11.8 Å². The van der Waals surface area contributed by atoms with Gasteiger partial charge >= 0.3 is 6.02 Å². The Labute approximate surface area is 136 Å². The molecule has 0 aromatic heterocycles. The summed E-state index contributed by atoms with van der Waals surface area (Å²) < 4.78 is 5.69. The van der Waals surface area contributed by atoms with Crippen molar-refractivity contribution in [3.8, 4) is 0 Å². The monoisotopic (exact) mass is 318 g/mol. The van der Waals surface area contributed by atoms with Crippen LogP contribution in [0.2, 0.25) is 0 Å². The van der Waals surface area contributed by atoms with Crippen LogP contribution in [0.5, 0.6) is 0 Å². The van der Waals surface area contributed by atoms with Crippen LogP contribution in [0.1, 0.15) is 32.8 Å². The van der Waals surface area contributed by atoms with Crippen molar-refractivity contribution < 1.29 is 9.53 Å². The molecule has 1 aromatic rings. The highest BCUT2D eigenvalue weighted by molar-refractivity contribution is 7.98. The van der Waals surface area contributed by atoms with Crippen LogP contribution in [0.15, 0.2) is 39.9 Å². The van der Waals surface area contributed by atoms with Crippen molar-refractivity contribution in [3.05, 3.63) is 35.6 Å². The summed E-state index contributed by atoms with van der Waals surface area (Å²) in [6, 6.07) is 8.53. The number of carbonyl (C=O) groups is 1. The molecule has 0 spiro atoms. The molecule has 1 aliphatic rings. The minimum Gasteiger partial charge on any atom is -0.420 e.